The number of hydrogen-bond donors (Lipinski definition) is 1. The van der Waals surface area contributed by atoms with Gasteiger partial charge >= 0.3 is 0 Å². The Balaban J connectivity index is 1.54. The van der Waals surface area contributed by atoms with Crippen LogP contribution >= 0.6 is 11.3 Å². The summed E-state index contributed by atoms with van der Waals surface area (Å²) < 4.78 is 27.4. The Kier molecular flexibility index (Phi) is 6.55. The molecule has 0 radical (unpaired) electrons. The Bertz CT molecular complexity index is 1220. The predicted octanol–water partition coefficient (Wildman–Crippen LogP) is 4.33. The van der Waals surface area contributed by atoms with Crippen LogP contribution in [0.25, 0.3) is 0 Å². The molecule has 2 aromatic carbocycles. The molecule has 0 aliphatic carbocycles. The van der Waals surface area contributed by atoms with Crippen LogP contribution in [0.2, 0.25) is 0 Å². The zero-order valence-electron chi connectivity index (χ0n) is 17.7. The number of thiophene rings is 1. The summed E-state index contributed by atoms with van der Waals surface area (Å²) in [5, 5.41) is 4.61. The molecule has 8 heteroatoms. The molecule has 1 saturated heterocycles. The van der Waals surface area contributed by atoms with E-state index in [9.17, 15) is 18.0 Å². The fourth-order valence-corrected chi connectivity index (χ4v) is 6.52. The van der Waals surface area contributed by atoms with Gasteiger partial charge in [0.25, 0.3) is 10.0 Å². The number of nitrogens with zero attached hydrogens (tertiary/aromatic N) is 1. The first kappa shape index (κ1) is 22.4. The normalized spacial score (nSPS) is 17.1. The van der Waals surface area contributed by atoms with Gasteiger partial charge in [-0.2, -0.15) is 4.31 Å². The highest BCUT2D eigenvalue weighted by atomic mass is 32.2. The second-order valence-electron chi connectivity index (χ2n) is 7.87. The molecule has 1 fully saturated rings. The number of rotatable bonds is 6. The summed E-state index contributed by atoms with van der Waals surface area (Å²) in [6.45, 7) is 2.41. The van der Waals surface area contributed by atoms with Gasteiger partial charge in [0.2, 0.25) is 5.91 Å². The predicted molar refractivity (Wildman–Crippen MR) is 125 cm³/mol. The number of amides is 1. The summed E-state index contributed by atoms with van der Waals surface area (Å²) in [5.74, 6) is -0.934. The molecule has 32 heavy (non-hydrogen) atoms. The molecule has 1 aliphatic rings. The van der Waals surface area contributed by atoms with Gasteiger partial charge in [0.15, 0.2) is 5.78 Å². The third-order valence-electron chi connectivity index (χ3n) is 5.56. The number of sulfonamides is 1. The van der Waals surface area contributed by atoms with Crippen LogP contribution in [-0.4, -0.2) is 37.5 Å². The number of hydrogen-bond acceptors (Lipinski definition) is 5. The van der Waals surface area contributed by atoms with E-state index in [0.717, 1.165) is 5.56 Å². The fourth-order valence-electron chi connectivity index (χ4n) is 3.85. The van der Waals surface area contributed by atoms with Crippen molar-refractivity contribution < 1.29 is 18.0 Å². The topological polar surface area (TPSA) is 83.6 Å². The van der Waals surface area contributed by atoms with Crippen LogP contribution in [0.15, 0.2) is 70.3 Å². The summed E-state index contributed by atoms with van der Waals surface area (Å²) in [7, 11) is -3.60. The van der Waals surface area contributed by atoms with E-state index < -0.39 is 15.9 Å². The van der Waals surface area contributed by atoms with Gasteiger partial charge in [-0.15, -0.1) is 11.3 Å². The lowest BCUT2D eigenvalue weighted by Gasteiger charge is -2.31. The monoisotopic (exact) mass is 468 g/mol. The van der Waals surface area contributed by atoms with Crippen molar-refractivity contribution in [3.05, 3.63) is 82.7 Å². The SMILES string of the molecule is Cc1ccc(NC(=O)C2CCCN(S(=O)(=O)c3cccs3)C2)c(C(=O)c2ccccc2)c1. The number of aryl methyl sites for hydroxylation is 1. The Hall–Kier alpha value is -2.81. The van der Waals surface area contributed by atoms with E-state index in [1.807, 2.05) is 19.1 Å². The number of anilines is 1. The molecule has 3 aromatic rings. The second kappa shape index (κ2) is 9.36. The van der Waals surface area contributed by atoms with E-state index in [4.69, 9.17) is 0 Å². The second-order valence-corrected chi connectivity index (χ2v) is 11.0. The number of benzene rings is 2. The average Bonchev–Trinajstić information content (AvgIpc) is 3.36. The van der Waals surface area contributed by atoms with Crippen molar-refractivity contribution >= 4 is 38.7 Å². The Morgan fingerprint density at radius 1 is 1.06 bits per heavy atom. The standard InChI is InChI=1S/C24H24N2O4S2/c1-17-11-12-21(20(15-17)23(27)18-7-3-2-4-8-18)25-24(28)19-9-5-13-26(16-19)32(29,30)22-10-6-14-31-22/h2-4,6-8,10-12,14-15,19H,5,9,13,16H2,1H3,(H,25,28). The molecule has 1 amide bonds. The lowest BCUT2D eigenvalue weighted by atomic mass is 9.97. The molecule has 0 bridgehead atoms. The van der Waals surface area contributed by atoms with E-state index in [1.54, 1.807) is 53.9 Å². The number of carbonyl (C=O) groups excluding carboxylic acids is 2. The lowest BCUT2D eigenvalue weighted by molar-refractivity contribution is -0.120. The largest absolute Gasteiger partial charge is 0.325 e. The highest BCUT2D eigenvalue weighted by Crippen LogP contribution is 2.28. The average molecular weight is 469 g/mol. The molecular weight excluding hydrogens is 444 g/mol. The van der Waals surface area contributed by atoms with Crippen LogP contribution in [0.3, 0.4) is 0 Å². The summed E-state index contributed by atoms with van der Waals surface area (Å²) in [6.07, 6.45) is 1.20. The summed E-state index contributed by atoms with van der Waals surface area (Å²) >= 11 is 1.17. The Morgan fingerprint density at radius 3 is 2.56 bits per heavy atom. The molecule has 0 spiro atoms. The molecule has 166 valence electrons. The highest BCUT2D eigenvalue weighted by Gasteiger charge is 2.34. The lowest BCUT2D eigenvalue weighted by Crippen LogP contribution is -2.43. The van der Waals surface area contributed by atoms with Crippen LogP contribution < -0.4 is 5.32 Å². The zero-order chi connectivity index (χ0) is 22.7. The quantitative estimate of drug-likeness (QED) is 0.546. The minimum atomic E-state index is -3.60. The minimum Gasteiger partial charge on any atom is -0.325 e. The van der Waals surface area contributed by atoms with Crippen molar-refractivity contribution in [2.45, 2.75) is 24.0 Å². The molecule has 1 N–H and O–H groups in total. The van der Waals surface area contributed by atoms with Gasteiger partial charge in [-0.25, -0.2) is 8.42 Å². The zero-order valence-corrected chi connectivity index (χ0v) is 19.3. The van der Waals surface area contributed by atoms with Crippen molar-refractivity contribution in [2.75, 3.05) is 18.4 Å². The first-order valence-electron chi connectivity index (χ1n) is 10.4. The fraction of sp³-hybridized carbons (Fsp3) is 0.250. The van der Waals surface area contributed by atoms with Crippen molar-refractivity contribution in [3.63, 3.8) is 0 Å². The molecule has 1 aromatic heterocycles. The van der Waals surface area contributed by atoms with Gasteiger partial charge in [0.1, 0.15) is 4.21 Å². The summed E-state index contributed by atoms with van der Waals surface area (Å²) in [5.41, 5.74) is 2.31. The Labute approximate surface area is 191 Å². The van der Waals surface area contributed by atoms with Gasteiger partial charge < -0.3 is 5.32 Å². The van der Waals surface area contributed by atoms with Gasteiger partial charge in [-0.3, -0.25) is 9.59 Å². The summed E-state index contributed by atoms with van der Waals surface area (Å²) in [6, 6.07) is 17.5. The first-order chi connectivity index (χ1) is 15.4. The van der Waals surface area contributed by atoms with Crippen LogP contribution in [0.1, 0.15) is 34.3 Å². The number of ketones is 1. The highest BCUT2D eigenvalue weighted by molar-refractivity contribution is 7.91. The molecule has 6 nitrogen and oxygen atoms in total. The van der Waals surface area contributed by atoms with E-state index >= 15 is 0 Å². The van der Waals surface area contributed by atoms with Crippen molar-refractivity contribution in [3.8, 4) is 0 Å². The maximum Gasteiger partial charge on any atom is 0.252 e. The smallest absolute Gasteiger partial charge is 0.252 e. The van der Waals surface area contributed by atoms with E-state index in [0.29, 0.717) is 36.2 Å². The van der Waals surface area contributed by atoms with Gasteiger partial charge in [-0.05, 0) is 43.3 Å². The van der Waals surface area contributed by atoms with Crippen molar-refractivity contribution in [1.82, 2.24) is 4.31 Å². The maximum atomic E-state index is 13.1. The third kappa shape index (κ3) is 4.67. The summed E-state index contributed by atoms with van der Waals surface area (Å²) in [4.78, 5) is 26.1. The van der Waals surface area contributed by atoms with Crippen LogP contribution in [0, 0.1) is 12.8 Å². The molecule has 1 aliphatic heterocycles. The molecule has 0 saturated carbocycles. The van der Waals surface area contributed by atoms with Gasteiger partial charge in [0, 0.05) is 24.2 Å². The molecular formula is C24H24N2O4S2. The van der Waals surface area contributed by atoms with E-state index in [-0.39, 0.29) is 22.4 Å². The minimum absolute atomic E-state index is 0.125. The van der Waals surface area contributed by atoms with Crippen molar-refractivity contribution in [2.24, 2.45) is 5.92 Å². The molecule has 1 unspecified atom stereocenters. The van der Waals surface area contributed by atoms with Crippen molar-refractivity contribution in [1.29, 1.82) is 0 Å². The number of nitrogens with one attached hydrogen (secondary N) is 1. The van der Waals surface area contributed by atoms with Gasteiger partial charge in [0.05, 0.1) is 11.6 Å². The molecule has 1 atom stereocenters. The van der Waals surface area contributed by atoms with E-state index in [2.05, 4.69) is 5.32 Å². The molecule has 2 heterocycles. The third-order valence-corrected chi connectivity index (χ3v) is 8.80. The van der Waals surface area contributed by atoms with Gasteiger partial charge in [-0.1, -0.05) is 48.0 Å². The van der Waals surface area contributed by atoms with E-state index in [1.165, 1.54) is 15.6 Å². The number of carbonyl (C=O) groups is 2. The van der Waals surface area contributed by atoms with Crippen LogP contribution in [0.4, 0.5) is 5.69 Å². The van der Waals surface area contributed by atoms with Crippen LogP contribution in [-0.2, 0) is 14.8 Å². The van der Waals surface area contributed by atoms with Crippen LogP contribution in [0.5, 0.6) is 0 Å². The molecule has 4 rings (SSSR count). The Morgan fingerprint density at radius 2 is 1.84 bits per heavy atom. The first-order valence-corrected chi connectivity index (χ1v) is 12.7. The number of piperidine rings is 1. The maximum absolute atomic E-state index is 13.1.